The van der Waals surface area contributed by atoms with E-state index in [1.54, 1.807) is 0 Å². The maximum Gasteiger partial charge on any atom is 0.171 e. The fourth-order valence-electron chi connectivity index (χ4n) is 1.78. The number of Topliss-reactive ketones (excluding diaryl/α,β-unsaturated/α-hetero) is 1. The largest absolute Gasteiger partial charge is 0.507 e. The zero-order chi connectivity index (χ0) is 14.0. The molecule has 0 radical (unpaired) electrons. The highest BCUT2D eigenvalue weighted by atomic mass is 16.3. The van der Waals surface area contributed by atoms with Crippen molar-refractivity contribution in [3.05, 3.63) is 53.1 Å². The van der Waals surface area contributed by atoms with E-state index >= 15 is 0 Å². The standard InChI is InChI=1S/C15H14O4/c1-9-2-4-10(5-3-9)6-12(16)11-7-14(18)15(19)8-13(11)17/h2-5,7-8,17-19H,6H2,1H3. The van der Waals surface area contributed by atoms with Gasteiger partial charge in [0.2, 0.25) is 0 Å². The molecule has 2 aromatic rings. The van der Waals surface area contributed by atoms with E-state index in [4.69, 9.17) is 0 Å². The summed E-state index contributed by atoms with van der Waals surface area (Å²) < 4.78 is 0. The summed E-state index contributed by atoms with van der Waals surface area (Å²) in [6.07, 6.45) is 0.123. The minimum atomic E-state index is -0.454. The van der Waals surface area contributed by atoms with Crippen LogP contribution in [0, 0.1) is 6.92 Å². The molecule has 0 saturated carbocycles. The minimum Gasteiger partial charge on any atom is -0.507 e. The summed E-state index contributed by atoms with van der Waals surface area (Å²) in [5.74, 6) is -1.54. The van der Waals surface area contributed by atoms with Gasteiger partial charge in [0.05, 0.1) is 5.56 Å². The second kappa shape index (κ2) is 5.02. The third-order valence-electron chi connectivity index (χ3n) is 2.88. The summed E-state index contributed by atoms with van der Waals surface area (Å²) in [5, 5.41) is 28.2. The Labute approximate surface area is 110 Å². The molecule has 0 fully saturated rings. The lowest BCUT2D eigenvalue weighted by atomic mass is 10.0. The van der Waals surface area contributed by atoms with Crippen LogP contribution in [0.4, 0.5) is 0 Å². The Balaban J connectivity index is 2.25. The number of rotatable bonds is 3. The molecular weight excluding hydrogens is 244 g/mol. The number of phenols is 3. The van der Waals surface area contributed by atoms with Crippen LogP contribution in [0.25, 0.3) is 0 Å². The summed E-state index contributed by atoms with van der Waals surface area (Å²) in [6.45, 7) is 1.95. The Morgan fingerprint density at radius 2 is 1.53 bits per heavy atom. The molecule has 0 aliphatic rings. The molecule has 2 aromatic carbocycles. The number of benzene rings is 2. The van der Waals surface area contributed by atoms with Crippen molar-refractivity contribution in [2.24, 2.45) is 0 Å². The molecule has 0 aliphatic carbocycles. The van der Waals surface area contributed by atoms with Crippen molar-refractivity contribution in [1.82, 2.24) is 0 Å². The molecule has 0 heterocycles. The summed E-state index contributed by atoms with van der Waals surface area (Å²) >= 11 is 0. The number of phenolic OH excluding ortho intramolecular Hbond substituents is 3. The van der Waals surface area contributed by atoms with E-state index in [2.05, 4.69) is 0 Å². The highest BCUT2D eigenvalue weighted by Crippen LogP contribution is 2.32. The number of ketones is 1. The van der Waals surface area contributed by atoms with E-state index in [0.29, 0.717) is 0 Å². The van der Waals surface area contributed by atoms with Crippen LogP contribution in [-0.2, 0) is 6.42 Å². The molecule has 0 aromatic heterocycles. The molecule has 0 amide bonds. The molecule has 0 spiro atoms. The van der Waals surface area contributed by atoms with E-state index in [9.17, 15) is 20.1 Å². The molecule has 4 nitrogen and oxygen atoms in total. The Morgan fingerprint density at radius 1 is 0.947 bits per heavy atom. The van der Waals surface area contributed by atoms with Crippen LogP contribution >= 0.6 is 0 Å². The van der Waals surface area contributed by atoms with Crippen molar-refractivity contribution < 1.29 is 20.1 Å². The first kappa shape index (κ1) is 13.0. The van der Waals surface area contributed by atoms with Gasteiger partial charge in [-0.3, -0.25) is 4.79 Å². The number of aromatic hydroxyl groups is 3. The molecule has 0 saturated heterocycles. The zero-order valence-electron chi connectivity index (χ0n) is 10.4. The molecule has 3 N–H and O–H groups in total. The van der Waals surface area contributed by atoms with Crippen molar-refractivity contribution in [3.63, 3.8) is 0 Å². The first-order chi connectivity index (χ1) is 8.97. The molecule has 0 bridgehead atoms. The highest BCUT2D eigenvalue weighted by Gasteiger charge is 2.15. The van der Waals surface area contributed by atoms with Crippen LogP contribution in [0.5, 0.6) is 17.2 Å². The Kier molecular flexibility index (Phi) is 3.42. The van der Waals surface area contributed by atoms with Crippen molar-refractivity contribution in [3.8, 4) is 17.2 Å². The fraction of sp³-hybridized carbons (Fsp3) is 0.133. The number of carbonyl (C=O) groups excluding carboxylic acids is 1. The van der Waals surface area contributed by atoms with Gasteiger partial charge in [-0.15, -0.1) is 0 Å². The lowest BCUT2D eigenvalue weighted by Gasteiger charge is -2.06. The molecule has 98 valence electrons. The molecule has 0 unspecified atom stereocenters. The fourth-order valence-corrected chi connectivity index (χ4v) is 1.78. The summed E-state index contributed by atoms with van der Waals surface area (Å²) in [6, 6.07) is 9.50. The SMILES string of the molecule is Cc1ccc(CC(=O)c2cc(O)c(O)cc2O)cc1. The van der Waals surface area contributed by atoms with Gasteiger partial charge in [0, 0.05) is 12.5 Å². The highest BCUT2D eigenvalue weighted by molar-refractivity contribution is 6.00. The predicted octanol–water partition coefficient (Wildman–Crippen LogP) is 2.54. The van der Waals surface area contributed by atoms with Gasteiger partial charge in [-0.1, -0.05) is 29.8 Å². The molecule has 19 heavy (non-hydrogen) atoms. The molecular formula is C15H14O4. The van der Waals surface area contributed by atoms with Gasteiger partial charge >= 0.3 is 0 Å². The lowest BCUT2D eigenvalue weighted by molar-refractivity contribution is 0.0990. The van der Waals surface area contributed by atoms with Crippen LogP contribution in [0.15, 0.2) is 36.4 Å². The van der Waals surface area contributed by atoms with Crippen LogP contribution in [-0.4, -0.2) is 21.1 Å². The van der Waals surface area contributed by atoms with Crippen LogP contribution in [0.3, 0.4) is 0 Å². The van der Waals surface area contributed by atoms with Crippen molar-refractivity contribution >= 4 is 5.78 Å². The molecule has 4 heteroatoms. The zero-order valence-corrected chi connectivity index (χ0v) is 10.4. The second-order valence-corrected chi connectivity index (χ2v) is 4.44. The first-order valence-corrected chi connectivity index (χ1v) is 5.81. The summed E-state index contributed by atoms with van der Waals surface area (Å²) in [7, 11) is 0. The number of carbonyl (C=O) groups is 1. The summed E-state index contributed by atoms with van der Waals surface area (Å²) in [4.78, 5) is 12.0. The molecule has 0 aliphatic heterocycles. The second-order valence-electron chi connectivity index (χ2n) is 4.44. The van der Waals surface area contributed by atoms with Crippen LogP contribution in [0.2, 0.25) is 0 Å². The quantitative estimate of drug-likeness (QED) is 0.449. The monoisotopic (exact) mass is 258 g/mol. The Bertz CT molecular complexity index is 615. The van der Waals surface area contributed by atoms with E-state index in [0.717, 1.165) is 23.3 Å². The molecule has 2 rings (SSSR count). The minimum absolute atomic E-state index is 0.00382. The van der Waals surface area contributed by atoms with Gasteiger partial charge in [0.1, 0.15) is 5.75 Å². The maximum atomic E-state index is 12.0. The van der Waals surface area contributed by atoms with E-state index in [1.165, 1.54) is 0 Å². The van der Waals surface area contributed by atoms with E-state index in [-0.39, 0.29) is 23.5 Å². The van der Waals surface area contributed by atoms with Gasteiger partial charge in [-0.2, -0.15) is 0 Å². The number of hydrogen-bond acceptors (Lipinski definition) is 4. The van der Waals surface area contributed by atoms with Gasteiger partial charge in [0.25, 0.3) is 0 Å². The normalized spacial score (nSPS) is 10.4. The van der Waals surface area contributed by atoms with Crippen molar-refractivity contribution in [2.45, 2.75) is 13.3 Å². The smallest absolute Gasteiger partial charge is 0.171 e. The lowest BCUT2D eigenvalue weighted by Crippen LogP contribution is -2.04. The third-order valence-corrected chi connectivity index (χ3v) is 2.88. The first-order valence-electron chi connectivity index (χ1n) is 5.81. The maximum absolute atomic E-state index is 12.0. The topological polar surface area (TPSA) is 77.8 Å². The number of hydrogen-bond donors (Lipinski definition) is 3. The predicted molar refractivity (Wildman–Crippen MR) is 70.6 cm³/mol. The van der Waals surface area contributed by atoms with Gasteiger partial charge in [0.15, 0.2) is 17.3 Å². The number of aryl methyl sites for hydroxylation is 1. The van der Waals surface area contributed by atoms with Gasteiger partial charge < -0.3 is 15.3 Å². The van der Waals surface area contributed by atoms with Crippen molar-refractivity contribution in [2.75, 3.05) is 0 Å². The average Bonchev–Trinajstić information content (AvgIpc) is 2.36. The van der Waals surface area contributed by atoms with Crippen molar-refractivity contribution in [1.29, 1.82) is 0 Å². The van der Waals surface area contributed by atoms with E-state index < -0.39 is 11.5 Å². The molecule has 0 atom stereocenters. The summed E-state index contributed by atoms with van der Waals surface area (Å²) in [5.41, 5.74) is 1.92. The Morgan fingerprint density at radius 3 is 2.16 bits per heavy atom. The average molecular weight is 258 g/mol. The van der Waals surface area contributed by atoms with E-state index in [1.807, 2.05) is 31.2 Å². The van der Waals surface area contributed by atoms with Crippen LogP contribution in [0.1, 0.15) is 21.5 Å². The third kappa shape index (κ3) is 2.85. The van der Waals surface area contributed by atoms with Crippen LogP contribution < -0.4 is 0 Å². The van der Waals surface area contributed by atoms with Gasteiger partial charge in [-0.05, 0) is 18.6 Å². The Hall–Kier alpha value is -2.49. The van der Waals surface area contributed by atoms with Gasteiger partial charge in [-0.25, -0.2) is 0 Å².